The SMILES string of the molecule is CCC(C)(OC)C(NN)c1c(Br)cnn1CCN(C)C. The molecule has 6 nitrogen and oxygen atoms in total. The van der Waals surface area contributed by atoms with Crippen LogP contribution in [0.3, 0.4) is 0 Å². The second kappa shape index (κ2) is 7.51. The number of hydrogen-bond donors (Lipinski definition) is 2. The summed E-state index contributed by atoms with van der Waals surface area (Å²) < 4.78 is 8.60. The summed E-state index contributed by atoms with van der Waals surface area (Å²) in [6.45, 7) is 5.85. The van der Waals surface area contributed by atoms with Gasteiger partial charge in [0.05, 0.1) is 34.6 Å². The molecule has 1 heterocycles. The summed E-state index contributed by atoms with van der Waals surface area (Å²) in [5, 5.41) is 4.43. The van der Waals surface area contributed by atoms with Gasteiger partial charge in [-0.05, 0) is 43.4 Å². The highest BCUT2D eigenvalue weighted by molar-refractivity contribution is 9.10. The van der Waals surface area contributed by atoms with Gasteiger partial charge in [-0.2, -0.15) is 5.10 Å². The maximum Gasteiger partial charge on any atom is 0.0926 e. The molecule has 3 N–H and O–H groups in total. The van der Waals surface area contributed by atoms with Crippen LogP contribution in [0.25, 0.3) is 0 Å². The molecule has 0 saturated carbocycles. The van der Waals surface area contributed by atoms with E-state index < -0.39 is 5.60 Å². The topological polar surface area (TPSA) is 68.3 Å². The van der Waals surface area contributed by atoms with Crippen LogP contribution in [0.1, 0.15) is 32.0 Å². The molecule has 0 radical (unpaired) electrons. The van der Waals surface area contributed by atoms with Crippen molar-refractivity contribution in [2.75, 3.05) is 27.7 Å². The van der Waals surface area contributed by atoms with Gasteiger partial charge in [0.1, 0.15) is 0 Å². The summed E-state index contributed by atoms with van der Waals surface area (Å²) >= 11 is 3.57. The highest BCUT2D eigenvalue weighted by Gasteiger charge is 2.36. The largest absolute Gasteiger partial charge is 0.376 e. The van der Waals surface area contributed by atoms with E-state index in [1.807, 2.05) is 25.7 Å². The molecule has 0 fully saturated rings. The zero-order chi connectivity index (χ0) is 15.3. The molecule has 1 aromatic heterocycles. The second-order valence-electron chi connectivity index (χ2n) is 5.37. The number of nitrogens with one attached hydrogen (secondary N) is 1. The van der Waals surface area contributed by atoms with Crippen molar-refractivity contribution in [3.05, 3.63) is 16.4 Å². The molecule has 1 aromatic rings. The lowest BCUT2D eigenvalue weighted by atomic mass is 9.91. The Labute approximate surface area is 129 Å². The maximum absolute atomic E-state index is 5.79. The quantitative estimate of drug-likeness (QED) is 0.551. The first-order valence-corrected chi connectivity index (χ1v) is 7.56. The monoisotopic (exact) mass is 347 g/mol. The minimum absolute atomic E-state index is 0.142. The second-order valence-corrected chi connectivity index (χ2v) is 6.23. The van der Waals surface area contributed by atoms with Crippen molar-refractivity contribution in [3.8, 4) is 0 Å². The van der Waals surface area contributed by atoms with Gasteiger partial charge in [-0.25, -0.2) is 5.43 Å². The van der Waals surface area contributed by atoms with Crippen molar-refractivity contribution in [2.45, 2.75) is 38.5 Å². The molecule has 0 aliphatic carbocycles. The number of nitrogens with two attached hydrogens (primary N) is 1. The first kappa shape index (κ1) is 17.6. The van der Waals surface area contributed by atoms with E-state index >= 15 is 0 Å². The Morgan fingerprint density at radius 3 is 2.70 bits per heavy atom. The Balaban J connectivity index is 3.11. The van der Waals surface area contributed by atoms with Gasteiger partial charge >= 0.3 is 0 Å². The summed E-state index contributed by atoms with van der Waals surface area (Å²) in [5.74, 6) is 5.79. The molecule has 1 rings (SSSR count). The van der Waals surface area contributed by atoms with Crippen molar-refractivity contribution in [1.29, 1.82) is 0 Å². The molecule has 0 saturated heterocycles. The number of ether oxygens (including phenoxy) is 1. The Morgan fingerprint density at radius 2 is 2.25 bits per heavy atom. The number of halogens is 1. The Kier molecular flexibility index (Phi) is 6.60. The number of hydrazine groups is 1. The van der Waals surface area contributed by atoms with E-state index in [1.165, 1.54) is 0 Å². The molecule has 2 unspecified atom stereocenters. The lowest BCUT2D eigenvalue weighted by Crippen LogP contribution is -2.47. The zero-order valence-corrected chi connectivity index (χ0v) is 14.6. The van der Waals surface area contributed by atoms with E-state index in [1.54, 1.807) is 13.3 Å². The summed E-state index contributed by atoms with van der Waals surface area (Å²) in [4.78, 5) is 2.12. The standard InChI is InChI=1S/C13H26BrN5O/c1-6-13(2,20-5)12(17-15)11-10(14)9-16-19(11)8-7-18(3)4/h9,12,17H,6-8,15H2,1-5H3. The first-order valence-electron chi connectivity index (χ1n) is 6.76. The Hall–Kier alpha value is -0.470. The van der Waals surface area contributed by atoms with E-state index in [2.05, 4.69) is 38.3 Å². The predicted octanol–water partition coefficient (Wildman–Crippen LogP) is 1.53. The first-order chi connectivity index (χ1) is 9.39. The molecule has 0 aliphatic rings. The molecule has 7 heteroatoms. The van der Waals surface area contributed by atoms with Crippen LogP contribution in [-0.4, -0.2) is 48.0 Å². The molecule has 116 valence electrons. The van der Waals surface area contributed by atoms with E-state index in [-0.39, 0.29) is 6.04 Å². The minimum Gasteiger partial charge on any atom is -0.376 e. The van der Waals surface area contributed by atoms with Gasteiger partial charge in [0.2, 0.25) is 0 Å². The molecule has 0 spiro atoms. The molecular formula is C13H26BrN5O. The molecule has 0 bridgehead atoms. The lowest BCUT2D eigenvalue weighted by molar-refractivity contribution is -0.0325. The average molecular weight is 348 g/mol. The summed E-state index contributed by atoms with van der Waals surface area (Å²) in [6.07, 6.45) is 2.64. The number of aromatic nitrogens is 2. The number of nitrogens with zero attached hydrogens (tertiary/aromatic N) is 3. The molecule has 2 atom stereocenters. The van der Waals surface area contributed by atoms with Gasteiger partial charge < -0.3 is 9.64 Å². The van der Waals surface area contributed by atoms with Crippen LogP contribution in [-0.2, 0) is 11.3 Å². The third-order valence-electron chi connectivity index (χ3n) is 3.81. The fourth-order valence-corrected chi connectivity index (χ4v) is 2.67. The number of hydrogen-bond acceptors (Lipinski definition) is 5. The average Bonchev–Trinajstić information content (AvgIpc) is 2.78. The highest BCUT2D eigenvalue weighted by atomic mass is 79.9. The smallest absolute Gasteiger partial charge is 0.0926 e. The molecule has 0 aromatic carbocycles. The van der Waals surface area contributed by atoms with Crippen LogP contribution in [0.2, 0.25) is 0 Å². The van der Waals surface area contributed by atoms with E-state index in [0.29, 0.717) is 0 Å². The Morgan fingerprint density at radius 1 is 1.60 bits per heavy atom. The fraction of sp³-hybridized carbons (Fsp3) is 0.769. The molecule has 0 amide bonds. The van der Waals surface area contributed by atoms with Gasteiger partial charge in [0.25, 0.3) is 0 Å². The lowest BCUT2D eigenvalue weighted by Gasteiger charge is -2.35. The molecular weight excluding hydrogens is 322 g/mol. The number of likely N-dealkylation sites (N-methyl/N-ethyl adjacent to an activating group) is 1. The van der Waals surface area contributed by atoms with Crippen LogP contribution >= 0.6 is 15.9 Å². The van der Waals surface area contributed by atoms with Crippen LogP contribution in [0.5, 0.6) is 0 Å². The van der Waals surface area contributed by atoms with E-state index in [4.69, 9.17) is 10.6 Å². The molecule has 20 heavy (non-hydrogen) atoms. The number of rotatable bonds is 8. The third-order valence-corrected chi connectivity index (χ3v) is 4.42. The van der Waals surface area contributed by atoms with Gasteiger partial charge in [-0.3, -0.25) is 10.5 Å². The zero-order valence-electron chi connectivity index (χ0n) is 13.0. The normalized spacial score (nSPS) is 16.4. The highest BCUT2D eigenvalue weighted by Crippen LogP contribution is 2.34. The molecule has 0 aliphatic heterocycles. The van der Waals surface area contributed by atoms with Crippen LogP contribution in [0.15, 0.2) is 10.7 Å². The van der Waals surface area contributed by atoms with Crippen molar-refractivity contribution in [3.63, 3.8) is 0 Å². The Bertz CT molecular complexity index is 417. The van der Waals surface area contributed by atoms with Crippen LogP contribution in [0, 0.1) is 0 Å². The number of methoxy groups -OCH3 is 1. The summed E-state index contributed by atoms with van der Waals surface area (Å²) in [5.41, 5.74) is 3.51. The van der Waals surface area contributed by atoms with Gasteiger partial charge in [0.15, 0.2) is 0 Å². The van der Waals surface area contributed by atoms with Crippen molar-refractivity contribution in [1.82, 2.24) is 20.1 Å². The van der Waals surface area contributed by atoms with E-state index in [0.717, 1.165) is 29.7 Å². The van der Waals surface area contributed by atoms with Crippen molar-refractivity contribution >= 4 is 15.9 Å². The van der Waals surface area contributed by atoms with Crippen molar-refractivity contribution in [2.24, 2.45) is 5.84 Å². The van der Waals surface area contributed by atoms with Gasteiger partial charge in [-0.15, -0.1) is 0 Å². The van der Waals surface area contributed by atoms with Crippen LogP contribution < -0.4 is 11.3 Å². The predicted molar refractivity (Wildman–Crippen MR) is 84.3 cm³/mol. The van der Waals surface area contributed by atoms with E-state index in [9.17, 15) is 0 Å². The van der Waals surface area contributed by atoms with Gasteiger partial charge in [-0.1, -0.05) is 6.92 Å². The minimum atomic E-state index is -0.396. The van der Waals surface area contributed by atoms with Crippen LogP contribution in [0.4, 0.5) is 0 Å². The maximum atomic E-state index is 5.79. The fourth-order valence-electron chi connectivity index (χ4n) is 2.14. The summed E-state index contributed by atoms with van der Waals surface area (Å²) in [6, 6.07) is -0.142. The summed E-state index contributed by atoms with van der Waals surface area (Å²) in [7, 11) is 5.80. The third kappa shape index (κ3) is 3.79. The van der Waals surface area contributed by atoms with Crippen molar-refractivity contribution < 1.29 is 4.74 Å². The van der Waals surface area contributed by atoms with Gasteiger partial charge in [0, 0.05) is 13.7 Å².